The lowest BCUT2D eigenvalue weighted by Crippen LogP contribution is -2.51. The van der Waals surface area contributed by atoms with Crippen molar-refractivity contribution in [2.24, 2.45) is 4.40 Å². The number of para-hydroxylation sites is 1. The molecule has 7 nitrogen and oxygen atoms in total. The maximum absolute atomic E-state index is 13.0. The quantitative estimate of drug-likeness (QED) is 0.831. The highest BCUT2D eigenvalue weighted by Crippen LogP contribution is 2.30. The molecule has 0 unspecified atom stereocenters. The Morgan fingerprint density at radius 2 is 1.93 bits per heavy atom. The fraction of sp³-hybridized carbons (Fsp3) is 0.333. The fourth-order valence-corrected chi connectivity index (χ4v) is 5.12. The summed E-state index contributed by atoms with van der Waals surface area (Å²) in [5.74, 6) is 0.950. The second kappa shape index (κ2) is 7.87. The van der Waals surface area contributed by atoms with Crippen LogP contribution in [0, 0.1) is 0 Å². The Kier molecular flexibility index (Phi) is 5.27. The Morgan fingerprint density at radius 3 is 2.76 bits per heavy atom. The molecule has 0 bridgehead atoms. The van der Waals surface area contributed by atoms with Gasteiger partial charge in [0.25, 0.3) is 10.0 Å². The minimum atomic E-state index is -3.72. The topological polar surface area (TPSA) is 88.1 Å². The molecule has 2 aliphatic heterocycles. The highest BCUT2D eigenvalue weighted by molar-refractivity contribution is 7.90. The number of benzene rings is 2. The van der Waals surface area contributed by atoms with E-state index in [1.54, 1.807) is 31.4 Å². The van der Waals surface area contributed by atoms with Crippen LogP contribution in [-0.2, 0) is 21.4 Å². The van der Waals surface area contributed by atoms with Gasteiger partial charge in [-0.25, -0.2) is 0 Å². The van der Waals surface area contributed by atoms with Gasteiger partial charge < -0.3 is 15.0 Å². The fourth-order valence-electron chi connectivity index (χ4n) is 3.90. The Bertz CT molecular complexity index is 1070. The largest absolute Gasteiger partial charge is 0.496 e. The SMILES string of the molecule is COc1ccccc1CNC(=O)[C@@H]1CCCCN1C1=NS(=O)(=O)c2ccccc21. The van der Waals surface area contributed by atoms with E-state index in [1.165, 1.54) is 0 Å². The van der Waals surface area contributed by atoms with Crippen LogP contribution in [0.2, 0.25) is 0 Å². The first-order valence-electron chi connectivity index (χ1n) is 9.62. The number of carbonyl (C=O) groups excluding carboxylic acids is 1. The van der Waals surface area contributed by atoms with Gasteiger partial charge in [-0.15, -0.1) is 4.40 Å². The number of nitrogens with zero attached hydrogens (tertiary/aromatic N) is 2. The average Bonchev–Trinajstić information content (AvgIpc) is 3.03. The van der Waals surface area contributed by atoms with Crippen molar-refractivity contribution in [3.63, 3.8) is 0 Å². The van der Waals surface area contributed by atoms with Crippen LogP contribution in [0.5, 0.6) is 5.75 Å². The van der Waals surface area contributed by atoms with Crippen LogP contribution in [0.25, 0.3) is 0 Å². The molecule has 1 saturated heterocycles. The van der Waals surface area contributed by atoms with Crippen molar-refractivity contribution in [2.75, 3.05) is 13.7 Å². The van der Waals surface area contributed by atoms with Gasteiger partial charge >= 0.3 is 0 Å². The zero-order chi connectivity index (χ0) is 20.4. The minimum absolute atomic E-state index is 0.139. The van der Waals surface area contributed by atoms with E-state index in [4.69, 9.17) is 4.74 Å². The van der Waals surface area contributed by atoms with Gasteiger partial charge in [0.05, 0.1) is 7.11 Å². The first kappa shape index (κ1) is 19.4. The van der Waals surface area contributed by atoms with E-state index in [0.29, 0.717) is 36.7 Å². The molecule has 2 heterocycles. The lowest BCUT2D eigenvalue weighted by molar-refractivity contribution is -0.126. The lowest BCUT2D eigenvalue weighted by Gasteiger charge is -2.36. The number of piperidine rings is 1. The van der Waals surface area contributed by atoms with Gasteiger partial charge in [0.2, 0.25) is 5.91 Å². The Balaban J connectivity index is 1.56. The van der Waals surface area contributed by atoms with Crippen molar-refractivity contribution in [1.82, 2.24) is 10.2 Å². The molecule has 29 heavy (non-hydrogen) atoms. The molecule has 2 aromatic carbocycles. The molecule has 0 aliphatic carbocycles. The smallest absolute Gasteiger partial charge is 0.285 e. The summed E-state index contributed by atoms with van der Waals surface area (Å²) in [7, 11) is -2.12. The summed E-state index contributed by atoms with van der Waals surface area (Å²) in [5, 5.41) is 2.98. The van der Waals surface area contributed by atoms with E-state index < -0.39 is 16.1 Å². The number of amidine groups is 1. The Labute approximate surface area is 170 Å². The number of likely N-dealkylation sites (tertiary alicyclic amines) is 1. The summed E-state index contributed by atoms with van der Waals surface area (Å²) in [5.41, 5.74) is 1.45. The van der Waals surface area contributed by atoms with Crippen molar-refractivity contribution in [1.29, 1.82) is 0 Å². The molecule has 1 fully saturated rings. The van der Waals surface area contributed by atoms with Crippen LogP contribution < -0.4 is 10.1 Å². The Hall–Kier alpha value is -2.87. The zero-order valence-electron chi connectivity index (χ0n) is 16.2. The number of sulfonamides is 1. The highest BCUT2D eigenvalue weighted by Gasteiger charge is 2.37. The monoisotopic (exact) mass is 413 g/mol. The van der Waals surface area contributed by atoms with E-state index in [9.17, 15) is 13.2 Å². The maximum Gasteiger partial charge on any atom is 0.285 e. The molecule has 8 heteroatoms. The van der Waals surface area contributed by atoms with Crippen LogP contribution in [0.15, 0.2) is 57.8 Å². The summed E-state index contributed by atoms with van der Waals surface area (Å²) >= 11 is 0. The van der Waals surface area contributed by atoms with Crippen molar-refractivity contribution < 1.29 is 17.9 Å². The van der Waals surface area contributed by atoms with Crippen LogP contribution in [-0.4, -0.2) is 44.8 Å². The van der Waals surface area contributed by atoms with E-state index >= 15 is 0 Å². The van der Waals surface area contributed by atoms with Crippen molar-refractivity contribution in [2.45, 2.75) is 36.7 Å². The molecule has 2 aromatic rings. The summed E-state index contributed by atoms with van der Waals surface area (Å²) in [4.78, 5) is 15.1. The first-order valence-corrected chi connectivity index (χ1v) is 11.1. The number of carbonyl (C=O) groups is 1. The zero-order valence-corrected chi connectivity index (χ0v) is 17.0. The molecule has 1 amide bonds. The predicted molar refractivity (Wildman–Crippen MR) is 109 cm³/mol. The van der Waals surface area contributed by atoms with Crippen molar-refractivity contribution in [3.8, 4) is 5.75 Å². The normalized spacial score (nSPS) is 20.0. The number of amides is 1. The number of rotatable bonds is 4. The standard InChI is InChI=1S/C21H23N3O4S/c1-28-18-11-4-2-8-15(18)14-22-21(25)17-10-6-7-13-24(17)20-16-9-3-5-12-19(16)29(26,27)23-20/h2-5,8-9,11-12,17H,6-7,10,13-14H2,1H3,(H,22,25)/t17-/m0/s1. The van der Waals surface area contributed by atoms with E-state index in [1.807, 2.05) is 29.2 Å². The van der Waals surface area contributed by atoms with Crippen LogP contribution >= 0.6 is 0 Å². The summed E-state index contributed by atoms with van der Waals surface area (Å²) in [6.07, 6.45) is 2.45. The van der Waals surface area contributed by atoms with Gasteiger partial charge in [-0.1, -0.05) is 30.3 Å². The minimum Gasteiger partial charge on any atom is -0.496 e. The van der Waals surface area contributed by atoms with E-state index in [-0.39, 0.29) is 10.8 Å². The molecule has 2 aliphatic rings. The number of hydrogen-bond donors (Lipinski definition) is 1. The second-order valence-electron chi connectivity index (χ2n) is 7.12. The van der Waals surface area contributed by atoms with Crippen molar-refractivity contribution >= 4 is 21.8 Å². The number of nitrogens with one attached hydrogen (secondary N) is 1. The third-order valence-electron chi connectivity index (χ3n) is 5.34. The molecule has 4 rings (SSSR count). The molecular formula is C21H23N3O4S. The van der Waals surface area contributed by atoms with Gasteiger partial charge in [-0.3, -0.25) is 4.79 Å². The number of hydrogen-bond acceptors (Lipinski definition) is 5. The Morgan fingerprint density at radius 1 is 1.17 bits per heavy atom. The molecule has 0 saturated carbocycles. The molecule has 0 spiro atoms. The van der Waals surface area contributed by atoms with E-state index in [0.717, 1.165) is 18.4 Å². The molecular weight excluding hydrogens is 390 g/mol. The van der Waals surface area contributed by atoms with Crippen LogP contribution in [0.1, 0.15) is 30.4 Å². The van der Waals surface area contributed by atoms with Gasteiger partial charge in [0, 0.05) is 24.2 Å². The van der Waals surface area contributed by atoms with Crippen LogP contribution in [0.4, 0.5) is 0 Å². The second-order valence-corrected chi connectivity index (χ2v) is 8.69. The van der Waals surface area contributed by atoms with Gasteiger partial charge in [-0.2, -0.15) is 8.42 Å². The predicted octanol–water partition coefficient (Wildman–Crippen LogP) is 2.32. The molecule has 0 radical (unpaired) electrons. The molecule has 1 N–H and O–H groups in total. The summed E-state index contributed by atoms with van der Waals surface area (Å²) < 4.78 is 34.2. The molecule has 152 valence electrons. The maximum atomic E-state index is 13.0. The third kappa shape index (κ3) is 3.72. The number of fused-ring (bicyclic) bond motifs is 1. The van der Waals surface area contributed by atoms with Crippen molar-refractivity contribution in [3.05, 3.63) is 59.7 Å². The highest BCUT2D eigenvalue weighted by atomic mass is 32.2. The average molecular weight is 413 g/mol. The molecule has 1 atom stereocenters. The van der Waals surface area contributed by atoms with Crippen LogP contribution in [0.3, 0.4) is 0 Å². The summed E-state index contributed by atoms with van der Waals surface area (Å²) in [6, 6.07) is 13.8. The number of methoxy groups -OCH3 is 1. The van der Waals surface area contributed by atoms with Gasteiger partial charge in [0.1, 0.15) is 16.7 Å². The van der Waals surface area contributed by atoms with Gasteiger partial charge in [-0.05, 0) is 37.5 Å². The third-order valence-corrected chi connectivity index (χ3v) is 6.66. The lowest BCUT2D eigenvalue weighted by atomic mass is 9.99. The summed E-state index contributed by atoms with van der Waals surface area (Å²) in [6.45, 7) is 0.935. The number of ether oxygens (including phenoxy) is 1. The van der Waals surface area contributed by atoms with Gasteiger partial charge in [0.15, 0.2) is 5.84 Å². The van der Waals surface area contributed by atoms with E-state index in [2.05, 4.69) is 9.71 Å². The first-order chi connectivity index (χ1) is 14.0. The molecule has 0 aromatic heterocycles.